The third kappa shape index (κ3) is 8.31. The van der Waals surface area contributed by atoms with E-state index in [-0.39, 0.29) is 0 Å². The van der Waals surface area contributed by atoms with Crippen LogP contribution in [0.3, 0.4) is 0 Å². The molecule has 0 fully saturated rings. The van der Waals surface area contributed by atoms with Gasteiger partial charge in [0.15, 0.2) is 0 Å². The molecular formula is C7H17NS. The average Bonchev–Trinajstić information content (AvgIpc) is 1.63. The molecule has 1 unspecified atom stereocenters. The normalized spacial score (nSPS) is 14.3. The van der Waals surface area contributed by atoms with E-state index in [4.69, 9.17) is 0 Å². The zero-order valence-electron chi connectivity index (χ0n) is 6.52. The largest absolute Gasteiger partial charge is 0.314 e. The molecule has 0 aliphatic heterocycles. The van der Waals surface area contributed by atoms with E-state index in [0.717, 1.165) is 13.0 Å². The lowest BCUT2D eigenvalue weighted by Gasteiger charge is -2.08. The molecular weight excluding hydrogens is 130 g/mol. The van der Waals surface area contributed by atoms with Gasteiger partial charge in [-0.2, -0.15) is 12.6 Å². The molecule has 0 aliphatic carbocycles. The molecule has 0 saturated heterocycles. The first-order chi connectivity index (χ1) is 4.13. The van der Waals surface area contributed by atoms with E-state index >= 15 is 0 Å². The highest BCUT2D eigenvalue weighted by Crippen LogP contribution is 1.96. The van der Waals surface area contributed by atoms with Crippen LogP contribution in [0.25, 0.3) is 0 Å². The van der Waals surface area contributed by atoms with Gasteiger partial charge < -0.3 is 5.32 Å². The van der Waals surface area contributed by atoms with Gasteiger partial charge in [0.2, 0.25) is 0 Å². The fraction of sp³-hybridized carbons (Fsp3) is 1.00. The number of hydrogen-bond acceptors (Lipinski definition) is 2. The molecule has 0 bridgehead atoms. The van der Waals surface area contributed by atoms with Crippen molar-refractivity contribution in [3.63, 3.8) is 0 Å². The Morgan fingerprint density at radius 3 is 2.22 bits per heavy atom. The minimum Gasteiger partial charge on any atom is -0.314 e. The van der Waals surface area contributed by atoms with Crippen molar-refractivity contribution in [2.24, 2.45) is 0 Å². The van der Waals surface area contributed by atoms with Gasteiger partial charge in [0.1, 0.15) is 0 Å². The number of thiol groups is 1. The van der Waals surface area contributed by atoms with Crippen molar-refractivity contribution >= 4 is 12.6 Å². The Labute approximate surface area is 63.6 Å². The lowest BCUT2D eigenvalue weighted by Crippen LogP contribution is -2.24. The number of nitrogens with one attached hydrogen (secondary N) is 1. The fourth-order valence-electron chi connectivity index (χ4n) is 0.581. The molecule has 2 heteroatoms. The molecule has 0 heterocycles. The number of rotatable bonds is 4. The molecule has 1 atom stereocenters. The lowest BCUT2D eigenvalue weighted by atomic mass is 10.3. The summed E-state index contributed by atoms with van der Waals surface area (Å²) in [4.78, 5) is 0. The first-order valence-corrected chi connectivity index (χ1v) is 4.06. The van der Waals surface area contributed by atoms with Crippen molar-refractivity contribution in [1.29, 1.82) is 0 Å². The molecule has 1 N–H and O–H groups in total. The first kappa shape index (κ1) is 9.31. The van der Waals surface area contributed by atoms with Crippen LogP contribution in [0.4, 0.5) is 0 Å². The van der Waals surface area contributed by atoms with Crippen LogP contribution in [0.15, 0.2) is 0 Å². The Bertz CT molecular complexity index is 53.9. The fourth-order valence-corrected chi connectivity index (χ4v) is 0.710. The van der Waals surface area contributed by atoms with Crippen molar-refractivity contribution < 1.29 is 0 Å². The summed E-state index contributed by atoms with van der Waals surface area (Å²) >= 11 is 4.26. The maximum Gasteiger partial charge on any atom is 0.00103 e. The van der Waals surface area contributed by atoms with Gasteiger partial charge in [-0.3, -0.25) is 0 Å². The standard InChI is InChI=1S/C7H17NS/c1-6(2)8-5-4-7(3)9/h6-9H,4-5H2,1-3H3. The summed E-state index contributed by atoms with van der Waals surface area (Å²) in [5.74, 6) is 0. The molecule has 0 aliphatic rings. The Hall–Kier alpha value is 0.310. The van der Waals surface area contributed by atoms with Crippen molar-refractivity contribution in [3.8, 4) is 0 Å². The lowest BCUT2D eigenvalue weighted by molar-refractivity contribution is 0.570. The summed E-state index contributed by atoms with van der Waals surface area (Å²) in [6.07, 6.45) is 1.15. The zero-order valence-corrected chi connectivity index (χ0v) is 7.41. The van der Waals surface area contributed by atoms with E-state index in [1.807, 2.05) is 0 Å². The monoisotopic (exact) mass is 147 g/mol. The molecule has 0 saturated carbocycles. The van der Waals surface area contributed by atoms with E-state index in [1.165, 1.54) is 0 Å². The smallest absolute Gasteiger partial charge is 0.00103 e. The minimum atomic E-state index is 0.524. The summed E-state index contributed by atoms with van der Waals surface area (Å²) in [5.41, 5.74) is 0. The van der Waals surface area contributed by atoms with Crippen LogP contribution < -0.4 is 5.32 Å². The highest BCUT2D eigenvalue weighted by atomic mass is 32.1. The van der Waals surface area contributed by atoms with Crippen molar-refractivity contribution in [2.75, 3.05) is 6.54 Å². The van der Waals surface area contributed by atoms with E-state index in [9.17, 15) is 0 Å². The third-order valence-corrected chi connectivity index (χ3v) is 1.37. The van der Waals surface area contributed by atoms with E-state index < -0.39 is 0 Å². The number of hydrogen-bond donors (Lipinski definition) is 2. The van der Waals surface area contributed by atoms with Gasteiger partial charge in [0.05, 0.1) is 0 Å². The van der Waals surface area contributed by atoms with Gasteiger partial charge in [-0.15, -0.1) is 0 Å². The Kier molecular flexibility index (Phi) is 5.30. The van der Waals surface area contributed by atoms with Gasteiger partial charge in [-0.1, -0.05) is 20.8 Å². The van der Waals surface area contributed by atoms with Crippen molar-refractivity contribution in [1.82, 2.24) is 5.32 Å². The SMILES string of the molecule is CC(S)CCNC(C)C. The van der Waals surface area contributed by atoms with E-state index in [1.54, 1.807) is 0 Å². The molecule has 0 aromatic rings. The second-order valence-electron chi connectivity index (χ2n) is 2.75. The van der Waals surface area contributed by atoms with Crippen LogP contribution in [0.5, 0.6) is 0 Å². The summed E-state index contributed by atoms with van der Waals surface area (Å²) in [6, 6.07) is 0.608. The molecule has 1 nitrogen and oxygen atoms in total. The van der Waals surface area contributed by atoms with Gasteiger partial charge in [0.25, 0.3) is 0 Å². The average molecular weight is 147 g/mol. The van der Waals surface area contributed by atoms with Gasteiger partial charge in [-0.25, -0.2) is 0 Å². The Morgan fingerprint density at radius 1 is 1.33 bits per heavy atom. The molecule has 0 aromatic heterocycles. The molecule has 0 aromatic carbocycles. The van der Waals surface area contributed by atoms with E-state index in [0.29, 0.717) is 11.3 Å². The molecule has 9 heavy (non-hydrogen) atoms. The predicted octanol–water partition coefficient (Wildman–Crippen LogP) is 1.69. The van der Waals surface area contributed by atoms with Crippen LogP contribution in [-0.4, -0.2) is 17.8 Å². The summed E-state index contributed by atoms with van der Waals surface area (Å²) in [5, 5.41) is 3.85. The summed E-state index contributed by atoms with van der Waals surface area (Å²) < 4.78 is 0. The molecule has 0 rings (SSSR count). The van der Waals surface area contributed by atoms with E-state index in [2.05, 4.69) is 38.7 Å². The molecule has 0 radical (unpaired) electrons. The van der Waals surface area contributed by atoms with Crippen molar-refractivity contribution in [2.45, 2.75) is 38.5 Å². The second-order valence-corrected chi connectivity index (χ2v) is 3.63. The highest BCUT2D eigenvalue weighted by molar-refractivity contribution is 7.80. The quantitative estimate of drug-likeness (QED) is 0.577. The molecule has 0 spiro atoms. The molecule has 0 amide bonds. The minimum absolute atomic E-state index is 0.524. The predicted molar refractivity (Wildman–Crippen MR) is 46.2 cm³/mol. The van der Waals surface area contributed by atoms with Crippen molar-refractivity contribution in [3.05, 3.63) is 0 Å². The van der Waals surface area contributed by atoms with Crippen LogP contribution in [0.2, 0.25) is 0 Å². The van der Waals surface area contributed by atoms with Gasteiger partial charge >= 0.3 is 0 Å². The maximum atomic E-state index is 4.26. The third-order valence-electron chi connectivity index (χ3n) is 1.11. The van der Waals surface area contributed by atoms with Gasteiger partial charge in [-0.05, 0) is 13.0 Å². The first-order valence-electron chi connectivity index (χ1n) is 3.54. The summed E-state index contributed by atoms with van der Waals surface area (Å²) in [6.45, 7) is 7.51. The van der Waals surface area contributed by atoms with Crippen LogP contribution in [0, 0.1) is 0 Å². The summed E-state index contributed by atoms with van der Waals surface area (Å²) in [7, 11) is 0. The second kappa shape index (κ2) is 5.12. The highest BCUT2D eigenvalue weighted by Gasteiger charge is 1.94. The Morgan fingerprint density at radius 2 is 1.89 bits per heavy atom. The van der Waals surface area contributed by atoms with Crippen LogP contribution in [0.1, 0.15) is 27.2 Å². The van der Waals surface area contributed by atoms with Crippen LogP contribution in [-0.2, 0) is 0 Å². The topological polar surface area (TPSA) is 12.0 Å². The van der Waals surface area contributed by atoms with Crippen LogP contribution >= 0.6 is 12.6 Å². The molecule has 56 valence electrons. The Balaban J connectivity index is 2.91. The maximum absolute atomic E-state index is 4.26. The zero-order chi connectivity index (χ0) is 7.28. The van der Waals surface area contributed by atoms with Gasteiger partial charge in [0, 0.05) is 11.3 Å².